The number of nitrogens with zero attached hydrogens (tertiary/aromatic N) is 1. The summed E-state index contributed by atoms with van der Waals surface area (Å²) in [7, 11) is 0. The van der Waals surface area contributed by atoms with Crippen molar-refractivity contribution in [3.05, 3.63) is 0 Å². The normalized spacial score (nSPS) is 43.1. The lowest BCUT2D eigenvalue weighted by molar-refractivity contribution is 0.184. The zero-order valence-corrected chi connectivity index (χ0v) is 7.88. The van der Waals surface area contributed by atoms with Gasteiger partial charge in [0.25, 0.3) is 0 Å². The molecule has 0 aromatic carbocycles. The molecule has 0 aromatic rings. The van der Waals surface area contributed by atoms with Crippen LogP contribution in [0.5, 0.6) is 0 Å². The van der Waals surface area contributed by atoms with Crippen molar-refractivity contribution in [2.45, 2.75) is 45.7 Å². The van der Waals surface area contributed by atoms with E-state index >= 15 is 0 Å². The second-order valence-electron chi connectivity index (χ2n) is 4.44. The minimum atomic E-state index is 0.864. The van der Waals surface area contributed by atoms with Crippen LogP contribution in [-0.4, -0.2) is 23.5 Å². The van der Waals surface area contributed by atoms with Crippen LogP contribution in [0.1, 0.15) is 33.6 Å². The lowest BCUT2D eigenvalue weighted by Crippen LogP contribution is -2.36. The van der Waals surface area contributed by atoms with Crippen molar-refractivity contribution in [1.29, 1.82) is 0 Å². The van der Waals surface area contributed by atoms with Crippen molar-refractivity contribution in [3.8, 4) is 0 Å². The van der Waals surface area contributed by atoms with E-state index in [9.17, 15) is 0 Å². The maximum atomic E-state index is 2.72. The zero-order valence-electron chi connectivity index (χ0n) is 7.88. The molecule has 0 spiro atoms. The molecule has 64 valence electrons. The third-order valence-electron chi connectivity index (χ3n) is 3.42. The van der Waals surface area contributed by atoms with Gasteiger partial charge in [0.15, 0.2) is 0 Å². The number of hydrogen-bond donors (Lipinski definition) is 0. The Kier molecular flexibility index (Phi) is 1.71. The van der Waals surface area contributed by atoms with E-state index < -0.39 is 0 Å². The first-order chi connectivity index (χ1) is 5.24. The van der Waals surface area contributed by atoms with Gasteiger partial charge in [0, 0.05) is 12.1 Å². The molecule has 1 saturated carbocycles. The molecule has 3 atom stereocenters. The highest BCUT2D eigenvalue weighted by Crippen LogP contribution is 2.49. The highest BCUT2D eigenvalue weighted by atomic mass is 15.2. The average molecular weight is 153 g/mol. The third-order valence-corrected chi connectivity index (χ3v) is 3.42. The van der Waals surface area contributed by atoms with E-state index in [0.29, 0.717) is 0 Å². The van der Waals surface area contributed by atoms with Gasteiger partial charge in [-0.05, 0) is 31.2 Å². The van der Waals surface area contributed by atoms with E-state index in [1.807, 2.05) is 0 Å². The monoisotopic (exact) mass is 153 g/mol. The van der Waals surface area contributed by atoms with Crippen LogP contribution in [0.3, 0.4) is 0 Å². The number of likely N-dealkylation sites (tertiary alicyclic amines) is 1. The Morgan fingerprint density at radius 2 is 2.09 bits per heavy atom. The fourth-order valence-electron chi connectivity index (χ4n) is 2.71. The lowest BCUT2D eigenvalue weighted by Gasteiger charge is -2.28. The quantitative estimate of drug-likeness (QED) is 0.587. The molecule has 2 rings (SSSR count). The first-order valence-corrected chi connectivity index (χ1v) is 4.99. The summed E-state index contributed by atoms with van der Waals surface area (Å²) >= 11 is 0. The number of fused-ring (bicyclic) bond motifs is 1. The van der Waals surface area contributed by atoms with Crippen molar-refractivity contribution >= 4 is 0 Å². The second-order valence-corrected chi connectivity index (χ2v) is 4.44. The molecule has 1 aliphatic heterocycles. The fraction of sp³-hybridized carbons (Fsp3) is 1.00. The Hall–Kier alpha value is -0.0400. The minimum Gasteiger partial charge on any atom is -0.297 e. The summed E-state index contributed by atoms with van der Waals surface area (Å²) in [4.78, 5) is 2.72. The summed E-state index contributed by atoms with van der Waals surface area (Å²) in [6.45, 7) is 8.29. The van der Waals surface area contributed by atoms with Crippen LogP contribution in [0, 0.1) is 11.8 Å². The van der Waals surface area contributed by atoms with Gasteiger partial charge in [-0.1, -0.05) is 20.8 Å². The molecule has 1 nitrogen and oxygen atoms in total. The standard InChI is InChI=1S/C10H19N/c1-4-11-9(7(2)3)5-8-6-10(8)11/h7-10H,4-6H2,1-3H3. The van der Waals surface area contributed by atoms with Gasteiger partial charge >= 0.3 is 0 Å². The van der Waals surface area contributed by atoms with Crippen molar-refractivity contribution < 1.29 is 0 Å². The first kappa shape index (κ1) is 7.60. The molecule has 11 heavy (non-hydrogen) atoms. The van der Waals surface area contributed by atoms with Crippen molar-refractivity contribution in [2.75, 3.05) is 6.54 Å². The molecule has 1 aliphatic carbocycles. The Labute approximate surface area is 69.8 Å². The minimum absolute atomic E-state index is 0.864. The van der Waals surface area contributed by atoms with E-state index in [1.54, 1.807) is 0 Å². The largest absolute Gasteiger partial charge is 0.297 e. The third kappa shape index (κ3) is 1.10. The molecule has 1 heterocycles. The van der Waals surface area contributed by atoms with Crippen molar-refractivity contribution in [3.63, 3.8) is 0 Å². The number of hydrogen-bond acceptors (Lipinski definition) is 1. The SMILES string of the molecule is CCN1C(C(C)C)CC2CC21. The van der Waals surface area contributed by atoms with Crippen molar-refractivity contribution in [1.82, 2.24) is 4.90 Å². The van der Waals surface area contributed by atoms with Gasteiger partial charge < -0.3 is 0 Å². The first-order valence-electron chi connectivity index (χ1n) is 4.99. The maximum Gasteiger partial charge on any atom is 0.0131 e. The Morgan fingerprint density at radius 3 is 2.55 bits per heavy atom. The average Bonchev–Trinajstić information content (AvgIpc) is 2.63. The summed E-state index contributed by atoms with van der Waals surface area (Å²) in [5.74, 6) is 1.95. The van der Waals surface area contributed by atoms with E-state index in [0.717, 1.165) is 23.9 Å². The summed E-state index contributed by atoms with van der Waals surface area (Å²) in [5, 5.41) is 0. The summed E-state index contributed by atoms with van der Waals surface area (Å²) < 4.78 is 0. The molecule has 1 saturated heterocycles. The molecule has 3 unspecified atom stereocenters. The van der Waals surface area contributed by atoms with Crippen LogP contribution in [0.4, 0.5) is 0 Å². The number of rotatable bonds is 2. The molecular formula is C10H19N. The van der Waals surface area contributed by atoms with E-state index in [2.05, 4.69) is 25.7 Å². The second kappa shape index (κ2) is 2.48. The van der Waals surface area contributed by atoms with Crippen molar-refractivity contribution in [2.24, 2.45) is 11.8 Å². The van der Waals surface area contributed by atoms with Crippen LogP contribution in [0.2, 0.25) is 0 Å². The highest BCUT2D eigenvalue weighted by Gasteiger charge is 2.51. The molecule has 1 heteroatoms. The lowest BCUT2D eigenvalue weighted by atomic mass is 10.00. The van der Waals surface area contributed by atoms with E-state index in [-0.39, 0.29) is 0 Å². The van der Waals surface area contributed by atoms with Gasteiger partial charge in [-0.15, -0.1) is 0 Å². The summed E-state index contributed by atoms with van der Waals surface area (Å²) in [6, 6.07) is 1.90. The highest BCUT2D eigenvalue weighted by molar-refractivity contribution is 5.05. The molecule has 0 radical (unpaired) electrons. The molecule has 0 aromatic heterocycles. The van der Waals surface area contributed by atoms with Crippen LogP contribution >= 0.6 is 0 Å². The molecule has 0 N–H and O–H groups in total. The smallest absolute Gasteiger partial charge is 0.0131 e. The topological polar surface area (TPSA) is 3.24 Å². The zero-order chi connectivity index (χ0) is 8.01. The van der Waals surface area contributed by atoms with Gasteiger partial charge in [-0.3, -0.25) is 4.90 Å². The van der Waals surface area contributed by atoms with Gasteiger partial charge in [0.05, 0.1) is 0 Å². The van der Waals surface area contributed by atoms with Crippen LogP contribution in [-0.2, 0) is 0 Å². The molecule has 0 bridgehead atoms. The molecule has 2 fully saturated rings. The fourth-order valence-corrected chi connectivity index (χ4v) is 2.71. The van der Waals surface area contributed by atoms with Crippen LogP contribution in [0.25, 0.3) is 0 Å². The Balaban J connectivity index is 2.01. The number of piperidine rings is 1. The predicted octanol–water partition coefficient (Wildman–Crippen LogP) is 2.13. The summed E-state index contributed by atoms with van der Waals surface area (Å²) in [5.41, 5.74) is 0. The summed E-state index contributed by atoms with van der Waals surface area (Å²) in [6.07, 6.45) is 2.98. The maximum absolute atomic E-state index is 2.72. The van der Waals surface area contributed by atoms with Crippen LogP contribution < -0.4 is 0 Å². The van der Waals surface area contributed by atoms with Gasteiger partial charge in [0.1, 0.15) is 0 Å². The molecular weight excluding hydrogens is 134 g/mol. The van der Waals surface area contributed by atoms with E-state index in [4.69, 9.17) is 0 Å². The molecule has 2 aliphatic rings. The molecule has 0 amide bonds. The van der Waals surface area contributed by atoms with Gasteiger partial charge in [-0.2, -0.15) is 0 Å². The Bertz CT molecular complexity index is 153. The van der Waals surface area contributed by atoms with E-state index in [1.165, 1.54) is 19.4 Å². The van der Waals surface area contributed by atoms with Crippen LogP contribution in [0.15, 0.2) is 0 Å². The van der Waals surface area contributed by atoms with Gasteiger partial charge in [-0.25, -0.2) is 0 Å². The Morgan fingerprint density at radius 1 is 1.36 bits per heavy atom. The van der Waals surface area contributed by atoms with Gasteiger partial charge in [0.2, 0.25) is 0 Å². The predicted molar refractivity (Wildman–Crippen MR) is 47.5 cm³/mol.